The summed E-state index contributed by atoms with van der Waals surface area (Å²) < 4.78 is 10.9. The van der Waals surface area contributed by atoms with Crippen molar-refractivity contribution in [2.75, 3.05) is 13.7 Å². The first-order valence-electron chi connectivity index (χ1n) is 10.3. The first kappa shape index (κ1) is 22.1. The molecule has 5 heteroatoms. The van der Waals surface area contributed by atoms with Gasteiger partial charge in [0, 0.05) is 12.0 Å². The quantitative estimate of drug-likeness (QED) is 0.374. The molecule has 0 radical (unpaired) electrons. The van der Waals surface area contributed by atoms with Crippen molar-refractivity contribution in [3.8, 4) is 11.5 Å². The number of benzene rings is 3. The molecule has 0 saturated carbocycles. The number of ketones is 1. The van der Waals surface area contributed by atoms with Crippen LogP contribution in [-0.2, 0) is 4.79 Å². The van der Waals surface area contributed by atoms with Gasteiger partial charge in [0.25, 0.3) is 0 Å². The molecule has 31 heavy (non-hydrogen) atoms. The molecule has 3 rings (SSSR count). The van der Waals surface area contributed by atoms with E-state index in [9.17, 15) is 9.59 Å². The second kappa shape index (κ2) is 11.0. The number of nitrogens with one attached hydrogen (secondary N) is 1. The number of hydrogen-bond donors (Lipinski definition) is 1. The lowest BCUT2D eigenvalue weighted by atomic mass is 9.98. The van der Waals surface area contributed by atoms with Gasteiger partial charge in [0.1, 0.15) is 11.5 Å². The summed E-state index contributed by atoms with van der Waals surface area (Å²) in [6.07, 6.45) is 0.940. The van der Waals surface area contributed by atoms with Gasteiger partial charge < -0.3 is 14.8 Å². The maximum atomic E-state index is 12.6. The molecular formula is C26H27NO4. The fourth-order valence-corrected chi connectivity index (χ4v) is 3.24. The fraction of sp³-hybridized carbons (Fsp3) is 0.231. The lowest BCUT2D eigenvalue weighted by molar-refractivity contribution is -0.121. The smallest absolute Gasteiger partial charge is 0.220 e. The van der Waals surface area contributed by atoms with Crippen molar-refractivity contribution in [3.05, 3.63) is 95.6 Å². The molecule has 0 spiro atoms. The van der Waals surface area contributed by atoms with E-state index < -0.39 is 0 Å². The summed E-state index contributed by atoms with van der Waals surface area (Å²) in [6, 6.07) is 24.4. The van der Waals surface area contributed by atoms with Crippen molar-refractivity contribution in [1.29, 1.82) is 0 Å². The summed E-state index contributed by atoms with van der Waals surface area (Å²) in [6.45, 7) is 1.95. The molecule has 0 aliphatic carbocycles. The van der Waals surface area contributed by atoms with Crippen molar-refractivity contribution in [2.24, 2.45) is 0 Å². The van der Waals surface area contributed by atoms with Crippen LogP contribution in [0.25, 0.3) is 0 Å². The minimum absolute atomic E-state index is 0.0213. The number of rotatable bonds is 10. The standard InChI is InChI=1S/C26H27NO4/c1-19(28)20-10-16-24(17-11-20)31-18-6-9-25(29)27-26(21-7-4-3-5-8-21)22-12-14-23(30-2)15-13-22/h3-5,7-8,10-17,26H,6,9,18H2,1-2H3,(H,27,29). The predicted octanol–water partition coefficient (Wildman–Crippen LogP) is 4.96. The molecule has 0 saturated heterocycles. The van der Waals surface area contributed by atoms with Crippen LogP contribution in [0.3, 0.4) is 0 Å². The topological polar surface area (TPSA) is 64.6 Å². The highest BCUT2D eigenvalue weighted by Crippen LogP contribution is 2.24. The Morgan fingerprint density at radius 2 is 1.45 bits per heavy atom. The Bertz CT molecular complexity index is 982. The first-order chi connectivity index (χ1) is 15.1. The number of methoxy groups -OCH3 is 1. The molecule has 0 aliphatic heterocycles. The maximum absolute atomic E-state index is 12.6. The highest BCUT2D eigenvalue weighted by atomic mass is 16.5. The molecule has 3 aromatic rings. The Morgan fingerprint density at radius 3 is 2.06 bits per heavy atom. The molecule has 0 aliphatic rings. The van der Waals surface area contributed by atoms with Gasteiger partial charge in [-0.25, -0.2) is 0 Å². The first-order valence-corrected chi connectivity index (χ1v) is 10.3. The number of hydrogen-bond acceptors (Lipinski definition) is 4. The van der Waals surface area contributed by atoms with E-state index in [1.54, 1.807) is 31.4 Å². The lowest BCUT2D eigenvalue weighted by Gasteiger charge is -2.20. The van der Waals surface area contributed by atoms with Crippen LogP contribution in [0.1, 0.15) is 47.3 Å². The average Bonchev–Trinajstić information content (AvgIpc) is 2.81. The van der Waals surface area contributed by atoms with Crippen molar-refractivity contribution in [2.45, 2.75) is 25.8 Å². The van der Waals surface area contributed by atoms with E-state index in [0.29, 0.717) is 30.8 Å². The normalized spacial score (nSPS) is 11.4. The minimum atomic E-state index is -0.236. The maximum Gasteiger partial charge on any atom is 0.220 e. The van der Waals surface area contributed by atoms with Crippen LogP contribution >= 0.6 is 0 Å². The average molecular weight is 418 g/mol. The van der Waals surface area contributed by atoms with Crippen LogP contribution in [0.15, 0.2) is 78.9 Å². The third-order valence-electron chi connectivity index (χ3n) is 4.97. The molecule has 0 heterocycles. The second-order valence-corrected chi connectivity index (χ2v) is 7.22. The van der Waals surface area contributed by atoms with E-state index in [1.807, 2.05) is 54.6 Å². The van der Waals surface area contributed by atoms with E-state index in [-0.39, 0.29) is 17.7 Å². The monoisotopic (exact) mass is 417 g/mol. The van der Waals surface area contributed by atoms with E-state index in [4.69, 9.17) is 9.47 Å². The molecule has 0 aromatic heterocycles. The summed E-state index contributed by atoms with van der Waals surface area (Å²) in [4.78, 5) is 24.0. The van der Waals surface area contributed by atoms with E-state index in [0.717, 1.165) is 16.9 Å². The van der Waals surface area contributed by atoms with E-state index >= 15 is 0 Å². The molecule has 1 atom stereocenters. The third kappa shape index (κ3) is 6.44. The van der Waals surface area contributed by atoms with Gasteiger partial charge >= 0.3 is 0 Å². The van der Waals surface area contributed by atoms with Gasteiger partial charge in [-0.3, -0.25) is 9.59 Å². The SMILES string of the molecule is COc1ccc(C(NC(=O)CCCOc2ccc(C(C)=O)cc2)c2ccccc2)cc1. The number of amides is 1. The van der Waals surface area contributed by atoms with Gasteiger partial charge in [-0.1, -0.05) is 42.5 Å². The molecule has 5 nitrogen and oxygen atoms in total. The lowest BCUT2D eigenvalue weighted by Crippen LogP contribution is -2.29. The number of carbonyl (C=O) groups excluding carboxylic acids is 2. The molecule has 1 N–H and O–H groups in total. The molecule has 0 bridgehead atoms. The number of Topliss-reactive ketones (excluding diaryl/α,β-unsaturated/α-hetero) is 1. The van der Waals surface area contributed by atoms with Crippen molar-refractivity contribution in [1.82, 2.24) is 5.32 Å². The Hall–Kier alpha value is -3.60. The number of ether oxygens (including phenoxy) is 2. The minimum Gasteiger partial charge on any atom is -0.497 e. The van der Waals surface area contributed by atoms with Gasteiger partial charge in [-0.15, -0.1) is 0 Å². The van der Waals surface area contributed by atoms with Gasteiger partial charge in [-0.05, 0) is 60.9 Å². The summed E-state index contributed by atoms with van der Waals surface area (Å²) in [7, 11) is 1.63. The summed E-state index contributed by atoms with van der Waals surface area (Å²) in [5.74, 6) is 1.44. The van der Waals surface area contributed by atoms with Crippen LogP contribution in [0.4, 0.5) is 0 Å². The molecule has 3 aromatic carbocycles. The van der Waals surface area contributed by atoms with Crippen LogP contribution in [0.5, 0.6) is 11.5 Å². The van der Waals surface area contributed by atoms with Gasteiger partial charge in [0.05, 0.1) is 19.8 Å². The number of carbonyl (C=O) groups is 2. The predicted molar refractivity (Wildman–Crippen MR) is 121 cm³/mol. The summed E-state index contributed by atoms with van der Waals surface area (Å²) >= 11 is 0. The highest BCUT2D eigenvalue weighted by Gasteiger charge is 2.16. The Labute approximate surface area is 183 Å². The summed E-state index contributed by atoms with van der Waals surface area (Å²) in [5, 5.41) is 3.13. The van der Waals surface area contributed by atoms with Crippen molar-refractivity contribution < 1.29 is 19.1 Å². The van der Waals surface area contributed by atoms with Crippen LogP contribution < -0.4 is 14.8 Å². The van der Waals surface area contributed by atoms with Gasteiger partial charge in [0.2, 0.25) is 5.91 Å². The molecular weight excluding hydrogens is 390 g/mol. The van der Waals surface area contributed by atoms with Crippen LogP contribution in [-0.4, -0.2) is 25.4 Å². The third-order valence-corrected chi connectivity index (χ3v) is 4.97. The zero-order chi connectivity index (χ0) is 22.1. The van der Waals surface area contributed by atoms with Gasteiger partial charge in [-0.2, -0.15) is 0 Å². The Balaban J connectivity index is 1.55. The van der Waals surface area contributed by atoms with Crippen molar-refractivity contribution >= 4 is 11.7 Å². The molecule has 1 amide bonds. The van der Waals surface area contributed by atoms with Crippen molar-refractivity contribution in [3.63, 3.8) is 0 Å². The largest absolute Gasteiger partial charge is 0.497 e. The van der Waals surface area contributed by atoms with Gasteiger partial charge in [0.15, 0.2) is 5.78 Å². The highest BCUT2D eigenvalue weighted by molar-refractivity contribution is 5.94. The molecule has 160 valence electrons. The fourth-order valence-electron chi connectivity index (χ4n) is 3.24. The zero-order valence-corrected chi connectivity index (χ0v) is 17.8. The second-order valence-electron chi connectivity index (χ2n) is 7.22. The molecule has 0 fully saturated rings. The van der Waals surface area contributed by atoms with E-state index in [1.165, 1.54) is 6.92 Å². The Morgan fingerprint density at radius 1 is 0.839 bits per heavy atom. The molecule has 1 unspecified atom stereocenters. The zero-order valence-electron chi connectivity index (χ0n) is 17.8. The van der Waals surface area contributed by atoms with E-state index in [2.05, 4.69) is 5.32 Å². The van der Waals surface area contributed by atoms with Crippen LogP contribution in [0.2, 0.25) is 0 Å². The van der Waals surface area contributed by atoms with Crippen LogP contribution in [0, 0.1) is 0 Å². The summed E-state index contributed by atoms with van der Waals surface area (Å²) in [5.41, 5.74) is 2.65. The Kier molecular flexibility index (Phi) is 7.82.